The largest absolute Gasteiger partial charge is 0.490 e. The fourth-order valence-electron chi connectivity index (χ4n) is 3.96. The van der Waals surface area contributed by atoms with E-state index in [0.717, 1.165) is 17.0 Å². The molecule has 182 valence electrons. The molecule has 1 N–H and O–H groups in total. The van der Waals surface area contributed by atoms with Crippen molar-refractivity contribution in [1.82, 2.24) is 0 Å². The summed E-state index contributed by atoms with van der Waals surface area (Å²) >= 11 is 6.25. The minimum Gasteiger partial charge on any atom is -0.490 e. The molecule has 35 heavy (non-hydrogen) atoms. The third-order valence-corrected chi connectivity index (χ3v) is 6.11. The molecule has 0 saturated carbocycles. The van der Waals surface area contributed by atoms with E-state index in [9.17, 15) is 9.59 Å². The minimum atomic E-state index is -0.370. The molecule has 0 aromatic heterocycles. The van der Waals surface area contributed by atoms with Crippen molar-refractivity contribution in [1.29, 1.82) is 0 Å². The molecule has 1 heterocycles. The average molecular weight is 495 g/mol. The van der Waals surface area contributed by atoms with Crippen LogP contribution in [0, 0.1) is 6.92 Å². The fourth-order valence-corrected chi connectivity index (χ4v) is 4.12. The third-order valence-electron chi connectivity index (χ3n) is 5.78. The molecule has 7 nitrogen and oxygen atoms in total. The van der Waals surface area contributed by atoms with Gasteiger partial charge in [0.05, 0.1) is 36.5 Å². The van der Waals surface area contributed by atoms with E-state index >= 15 is 0 Å². The number of likely N-dealkylation sites (N-methyl/N-ethyl adjacent to an activating group) is 1. The summed E-state index contributed by atoms with van der Waals surface area (Å²) in [4.78, 5) is 26.6. The number of benzene rings is 3. The van der Waals surface area contributed by atoms with Crippen molar-refractivity contribution in [3.05, 3.63) is 82.4 Å². The molecule has 8 heteroatoms. The number of nitrogens with one attached hydrogen (secondary N) is 1. The molecule has 3 aromatic rings. The van der Waals surface area contributed by atoms with E-state index in [-0.39, 0.29) is 24.4 Å². The summed E-state index contributed by atoms with van der Waals surface area (Å²) in [6, 6.07) is 18.3. The molecule has 0 saturated heterocycles. The number of amides is 1. The summed E-state index contributed by atoms with van der Waals surface area (Å²) in [5.41, 5.74) is 3.43. The van der Waals surface area contributed by atoms with Crippen LogP contribution in [0.25, 0.3) is 0 Å². The van der Waals surface area contributed by atoms with Crippen LogP contribution in [0.4, 0.5) is 11.4 Å². The van der Waals surface area contributed by atoms with Crippen LogP contribution in [0.3, 0.4) is 0 Å². The average Bonchev–Trinajstić information content (AvgIpc) is 2.84. The summed E-state index contributed by atoms with van der Waals surface area (Å²) in [6.45, 7) is 2.94. The smallest absolute Gasteiger partial charge is 0.309 e. The highest BCUT2D eigenvalue weighted by Gasteiger charge is 2.23. The second-order valence-electron chi connectivity index (χ2n) is 8.40. The number of hydrogen-bond donors (Lipinski definition) is 1. The van der Waals surface area contributed by atoms with Crippen molar-refractivity contribution in [2.45, 2.75) is 19.4 Å². The summed E-state index contributed by atoms with van der Waals surface area (Å²) in [7, 11) is 3.36. The van der Waals surface area contributed by atoms with Crippen LogP contribution < -0.4 is 19.7 Å². The van der Waals surface area contributed by atoms with Crippen LogP contribution in [0.5, 0.6) is 11.5 Å². The van der Waals surface area contributed by atoms with Gasteiger partial charge in [-0.2, -0.15) is 0 Å². The number of anilines is 2. The number of esters is 1. The van der Waals surface area contributed by atoms with E-state index in [2.05, 4.69) is 10.2 Å². The highest BCUT2D eigenvalue weighted by molar-refractivity contribution is 6.34. The van der Waals surface area contributed by atoms with Crippen molar-refractivity contribution in [2.75, 3.05) is 37.5 Å². The lowest BCUT2D eigenvalue weighted by Gasteiger charge is -2.33. The molecule has 0 radical (unpaired) electrons. The first-order chi connectivity index (χ1) is 16.8. The number of nitrogens with zero attached hydrogens (tertiary/aromatic N) is 1. The van der Waals surface area contributed by atoms with Gasteiger partial charge < -0.3 is 24.4 Å². The van der Waals surface area contributed by atoms with E-state index < -0.39 is 0 Å². The summed E-state index contributed by atoms with van der Waals surface area (Å²) in [5.74, 6) is 0.820. The zero-order chi connectivity index (χ0) is 24.9. The Balaban J connectivity index is 1.39. The molecule has 1 aliphatic rings. The van der Waals surface area contributed by atoms with Crippen LogP contribution in [-0.2, 0) is 16.0 Å². The summed E-state index contributed by atoms with van der Waals surface area (Å²) < 4.78 is 16.7. The van der Waals surface area contributed by atoms with Crippen LogP contribution >= 0.6 is 11.6 Å². The van der Waals surface area contributed by atoms with Gasteiger partial charge in [-0.25, -0.2) is 0 Å². The van der Waals surface area contributed by atoms with E-state index in [4.69, 9.17) is 25.8 Å². The van der Waals surface area contributed by atoms with Gasteiger partial charge in [-0.1, -0.05) is 29.8 Å². The maximum Gasteiger partial charge on any atom is 0.309 e. The number of ether oxygens (including phenoxy) is 3. The Hall–Kier alpha value is -3.71. The molecule has 1 atom stereocenters. The first kappa shape index (κ1) is 24.4. The number of fused-ring (bicyclic) bond motifs is 1. The molecule has 0 fully saturated rings. The van der Waals surface area contributed by atoms with Crippen molar-refractivity contribution in [2.24, 2.45) is 0 Å². The lowest BCUT2D eigenvalue weighted by atomic mass is 10.1. The maximum atomic E-state index is 12.9. The first-order valence-electron chi connectivity index (χ1n) is 11.2. The fraction of sp³-hybridized carbons (Fsp3) is 0.259. The van der Waals surface area contributed by atoms with Gasteiger partial charge in [0, 0.05) is 12.6 Å². The Morgan fingerprint density at radius 3 is 2.71 bits per heavy atom. The Labute approximate surface area is 209 Å². The van der Waals surface area contributed by atoms with Gasteiger partial charge in [0.25, 0.3) is 5.91 Å². The van der Waals surface area contributed by atoms with Gasteiger partial charge in [0.2, 0.25) is 0 Å². The molecular weight excluding hydrogens is 468 g/mol. The van der Waals surface area contributed by atoms with Gasteiger partial charge in [-0.3, -0.25) is 9.59 Å². The summed E-state index contributed by atoms with van der Waals surface area (Å²) in [5, 5.41) is 3.21. The number of carbonyl (C=O) groups is 2. The van der Waals surface area contributed by atoms with E-state index in [1.165, 1.54) is 7.11 Å². The van der Waals surface area contributed by atoms with E-state index in [1.54, 1.807) is 30.3 Å². The summed E-state index contributed by atoms with van der Waals surface area (Å²) in [6.07, 6.45) is -0.0224. The second-order valence-corrected chi connectivity index (χ2v) is 8.80. The van der Waals surface area contributed by atoms with Gasteiger partial charge in [-0.15, -0.1) is 0 Å². The zero-order valence-electron chi connectivity index (χ0n) is 19.8. The van der Waals surface area contributed by atoms with Crippen molar-refractivity contribution >= 4 is 34.9 Å². The Morgan fingerprint density at radius 1 is 1.14 bits per heavy atom. The van der Waals surface area contributed by atoms with Gasteiger partial charge in [0.15, 0.2) is 0 Å². The van der Waals surface area contributed by atoms with Crippen LogP contribution in [-0.4, -0.2) is 45.3 Å². The molecule has 1 amide bonds. The normalized spacial score (nSPS) is 14.5. The number of aryl methyl sites for hydroxylation is 1. The van der Waals surface area contributed by atoms with Crippen LogP contribution in [0.2, 0.25) is 5.02 Å². The van der Waals surface area contributed by atoms with Crippen LogP contribution in [0.15, 0.2) is 60.7 Å². The molecular formula is C27H27ClN2O5. The van der Waals surface area contributed by atoms with Gasteiger partial charge in [-0.05, 0) is 60.5 Å². The Kier molecular flexibility index (Phi) is 7.46. The number of halogens is 1. The van der Waals surface area contributed by atoms with E-state index in [0.29, 0.717) is 40.7 Å². The SMILES string of the molecule is COC(=O)Cc1ccc(Cl)c(NC(=O)c2ccc(OC[C@@H]3CN(C)c4ccccc4O3)cc2C)c1. The lowest BCUT2D eigenvalue weighted by Crippen LogP contribution is -2.41. The maximum absolute atomic E-state index is 12.9. The van der Waals surface area contributed by atoms with E-state index in [1.807, 2.05) is 44.3 Å². The molecule has 0 spiro atoms. The molecule has 4 rings (SSSR count). The third kappa shape index (κ3) is 5.87. The Bertz CT molecular complexity index is 1250. The number of para-hydroxylation sites is 2. The molecule has 0 aliphatic carbocycles. The standard InChI is InChI=1S/C27H27ClN2O5/c1-17-12-19(34-16-20-15-30(2)24-6-4-5-7-25(24)35-20)9-10-21(17)27(32)29-23-13-18(8-11-22(23)28)14-26(31)33-3/h4-13,20H,14-16H2,1-3H3,(H,29,32)/t20-/m0/s1. The van der Waals surface area contributed by atoms with Gasteiger partial charge in [0.1, 0.15) is 24.2 Å². The molecule has 0 bridgehead atoms. The highest BCUT2D eigenvalue weighted by Crippen LogP contribution is 2.32. The lowest BCUT2D eigenvalue weighted by molar-refractivity contribution is -0.139. The molecule has 1 aliphatic heterocycles. The topological polar surface area (TPSA) is 77.1 Å². The van der Waals surface area contributed by atoms with Gasteiger partial charge >= 0.3 is 5.97 Å². The predicted octanol–water partition coefficient (Wildman–Crippen LogP) is 4.89. The number of hydrogen-bond acceptors (Lipinski definition) is 6. The van der Waals surface area contributed by atoms with Crippen molar-refractivity contribution in [3.63, 3.8) is 0 Å². The first-order valence-corrected chi connectivity index (χ1v) is 11.6. The Morgan fingerprint density at radius 2 is 1.94 bits per heavy atom. The zero-order valence-corrected chi connectivity index (χ0v) is 20.6. The van der Waals surface area contributed by atoms with Crippen molar-refractivity contribution < 1.29 is 23.8 Å². The number of carbonyl (C=O) groups excluding carboxylic acids is 2. The predicted molar refractivity (Wildman–Crippen MR) is 136 cm³/mol. The monoisotopic (exact) mass is 494 g/mol. The van der Waals surface area contributed by atoms with Crippen LogP contribution in [0.1, 0.15) is 21.5 Å². The highest BCUT2D eigenvalue weighted by atomic mass is 35.5. The molecule has 3 aromatic carbocycles. The second kappa shape index (κ2) is 10.7. The minimum absolute atomic E-state index is 0.0910. The quantitative estimate of drug-likeness (QED) is 0.471. The number of rotatable bonds is 7. The number of methoxy groups -OCH3 is 1. The van der Waals surface area contributed by atoms with Crippen molar-refractivity contribution in [3.8, 4) is 11.5 Å². The molecule has 0 unspecified atom stereocenters.